The summed E-state index contributed by atoms with van der Waals surface area (Å²) in [6, 6.07) is 30.5. The minimum absolute atomic E-state index is 0.0139. The standard InChI is InChI=1S/C48H51N3S2/c1-45(2,3)31-15-28(16-32(22-31)46(4,5)6)27-13-14-38-35(19-27)36-20-30(29-17-33(47(7,8)9)23-34(18-29)48(10,11)12)21-37(43(36)50-38)44-51-40-25-41-39(49-26-52-41)24-42(40)53-44/h13-26,50H,1-12H3. The normalized spacial score (nSPS) is 13.3. The van der Waals surface area contributed by atoms with Gasteiger partial charge in [-0.2, -0.15) is 0 Å². The molecule has 0 spiro atoms. The van der Waals surface area contributed by atoms with E-state index in [2.05, 4.69) is 172 Å². The number of aromatic amines is 1. The van der Waals surface area contributed by atoms with Crippen molar-refractivity contribution in [3.05, 3.63) is 107 Å². The molecule has 53 heavy (non-hydrogen) atoms. The first-order valence-electron chi connectivity index (χ1n) is 18.8. The first kappa shape index (κ1) is 35.7. The van der Waals surface area contributed by atoms with Crippen LogP contribution in [0.2, 0.25) is 0 Å². The maximum absolute atomic E-state index is 5.29. The Balaban J connectivity index is 1.41. The predicted molar refractivity (Wildman–Crippen MR) is 233 cm³/mol. The van der Waals surface area contributed by atoms with Crippen molar-refractivity contribution in [3.63, 3.8) is 0 Å². The Hall–Kier alpha value is -4.32. The van der Waals surface area contributed by atoms with Gasteiger partial charge >= 0.3 is 0 Å². The van der Waals surface area contributed by atoms with Crippen LogP contribution < -0.4 is 0 Å². The smallest absolute Gasteiger partial charge is 0.126 e. The Morgan fingerprint density at radius 3 is 1.57 bits per heavy atom. The van der Waals surface area contributed by atoms with E-state index in [9.17, 15) is 0 Å². The van der Waals surface area contributed by atoms with Gasteiger partial charge in [0.25, 0.3) is 0 Å². The summed E-state index contributed by atoms with van der Waals surface area (Å²) in [5.41, 5.74) is 17.9. The first-order valence-corrected chi connectivity index (χ1v) is 20.5. The molecule has 0 radical (unpaired) electrons. The highest BCUT2D eigenvalue weighted by Crippen LogP contribution is 2.44. The zero-order chi connectivity index (χ0) is 37.8. The van der Waals surface area contributed by atoms with Crippen molar-refractivity contribution in [1.82, 2.24) is 15.0 Å². The van der Waals surface area contributed by atoms with Crippen LogP contribution in [-0.4, -0.2) is 15.0 Å². The van der Waals surface area contributed by atoms with Gasteiger partial charge in [-0.25, -0.2) is 9.97 Å². The molecule has 0 saturated heterocycles. The minimum Gasteiger partial charge on any atom is -0.354 e. The lowest BCUT2D eigenvalue weighted by Crippen LogP contribution is -2.16. The molecule has 5 aromatic carbocycles. The van der Waals surface area contributed by atoms with Crippen molar-refractivity contribution in [1.29, 1.82) is 0 Å². The molecule has 0 unspecified atom stereocenters. The number of hydrogen-bond acceptors (Lipinski definition) is 4. The van der Waals surface area contributed by atoms with Crippen molar-refractivity contribution >= 4 is 64.9 Å². The van der Waals surface area contributed by atoms with Gasteiger partial charge in [0.15, 0.2) is 0 Å². The second-order valence-corrected chi connectivity index (χ2v) is 21.0. The van der Waals surface area contributed by atoms with E-state index in [-0.39, 0.29) is 21.7 Å². The summed E-state index contributed by atoms with van der Waals surface area (Å²) < 4.78 is 2.33. The minimum atomic E-state index is 0.0139. The molecule has 5 heteroatoms. The molecule has 8 aromatic rings. The van der Waals surface area contributed by atoms with E-state index in [1.165, 1.54) is 60.0 Å². The predicted octanol–water partition coefficient (Wildman–Crippen LogP) is 14.7. The molecule has 0 saturated carbocycles. The van der Waals surface area contributed by atoms with Crippen LogP contribution in [0, 0.1) is 0 Å². The van der Waals surface area contributed by atoms with E-state index in [0.29, 0.717) is 0 Å². The number of fused-ring (bicyclic) bond motifs is 5. The van der Waals surface area contributed by atoms with Gasteiger partial charge in [-0.1, -0.05) is 126 Å². The highest BCUT2D eigenvalue weighted by Gasteiger charge is 2.24. The molecule has 0 fully saturated rings. The molecular formula is C48H51N3S2. The monoisotopic (exact) mass is 733 g/mol. The number of H-pyrrole nitrogens is 1. The van der Waals surface area contributed by atoms with Gasteiger partial charge in [0.1, 0.15) is 5.01 Å². The van der Waals surface area contributed by atoms with E-state index >= 15 is 0 Å². The Kier molecular flexibility index (Phi) is 8.15. The quantitative estimate of drug-likeness (QED) is 0.196. The average Bonchev–Trinajstić information content (AvgIpc) is 3.80. The molecule has 3 heterocycles. The number of hydrogen-bond donors (Lipinski definition) is 1. The Labute approximate surface area is 322 Å². The molecule has 0 bridgehead atoms. The number of rotatable bonds is 3. The van der Waals surface area contributed by atoms with Gasteiger partial charge in [0, 0.05) is 21.9 Å². The zero-order valence-electron chi connectivity index (χ0n) is 33.3. The van der Waals surface area contributed by atoms with Crippen LogP contribution in [-0.2, 0) is 21.7 Å². The third-order valence-corrected chi connectivity index (χ3v) is 12.6. The fourth-order valence-corrected chi connectivity index (χ4v) is 8.92. The van der Waals surface area contributed by atoms with Crippen molar-refractivity contribution in [3.8, 4) is 32.8 Å². The summed E-state index contributed by atoms with van der Waals surface area (Å²) in [6.07, 6.45) is 0. The number of thiazole rings is 2. The Morgan fingerprint density at radius 2 is 1.00 bits per heavy atom. The van der Waals surface area contributed by atoms with Gasteiger partial charge in [0.05, 0.1) is 31.5 Å². The van der Waals surface area contributed by atoms with E-state index in [0.717, 1.165) is 37.3 Å². The molecule has 0 atom stereocenters. The lowest BCUT2D eigenvalue weighted by Gasteiger charge is -2.26. The van der Waals surface area contributed by atoms with Crippen molar-refractivity contribution in [2.45, 2.75) is 105 Å². The lowest BCUT2D eigenvalue weighted by atomic mass is 9.78. The molecule has 270 valence electrons. The fourth-order valence-electron chi connectivity index (χ4n) is 7.23. The van der Waals surface area contributed by atoms with Crippen molar-refractivity contribution in [2.24, 2.45) is 0 Å². The molecule has 1 N–H and O–H groups in total. The van der Waals surface area contributed by atoms with Crippen LogP contribution in [0.3, 0.4) is 0 Å². The number of aromatic nitrogens is 3. The number of benzene rings is 5. The molecule has 3 aromatic heterocycles. The summed E-state index contributed by atoms with van der Waals surface area (Å²) >= 11 is 3.42. The summed E-state index contributed by atoms with van der Waals surface area (Å²) in [7, 11) is 0. The summed E-state index contributed by atoms with van der Waals surface area (Å²) in [4.78, 5) is 13.8. The highest BCUT2D eigenvalue weighted by molar-refractivity contribution is 7.22. The SMILES string of the molecule is CC(C)(C)c1cc(-c2ccc3[nH]c4c(-c5nc6cc7scnc7cc6s5)cc(-c5cc(C(C)(C)C)cc(C(C)(C)C)c5)cc4c3c2)cc(C(C)(C)C)c1. The summed E-state index contributed by atoms with van der Waals surface area (Å²) in [5.74, 6) is 0. The second kappa shape index (κ2) is 12.1. The molecule has 8 rings (SSSR count). The molecular weight excluding hydrogens is 683 g/mol. The summed E-state index contributed by atoms with van der Waals surface area (Å²) in [5, 5.41) is 3.47. The molecule has 0 aliphatic carbocycles. The fraction of sp³-hybridized carbons (Fsp3) is 0.333. The average molecular weight is 734 g/mol. The highest BCUT2D eigenvalue weighted by atomic mass is 32.1. The topological polar surface area (TPSA) is 41.6 Å². The van der Waals surface area contributed by atoms with E-state index in [1.54, 1.807) is 22.7 Å². The Bertz CT molecular complexity index is 2590. The lowest BCUT2D eigenvalue weighted by molar-refractivity contribution is 0.568. The van der Waals surface area contributed by atoms with Crippen LogP contribution in [0.15, 0.2) is 84.4 Å². The molecule has 0 aliphatic heterocycles. The third kappa shape index (κ3) is 6.61. The summed E-state index contributed by atoms with van der Waals surface area (Å²) in [6.45, 7) is 27.8. The maximum atomic E-state index is 5.29. The largest absolute Gasteiger partial charge is 0.354 e. The van der Waals surface area contributed by atoms with Crippen molar-refractivity contribution in [2.75, 3.05) is 0 Å². The van der Waals surface area contributed by atoms with Gasteiger partial charge in [-0.15, -0.1) is 22.7 Å². The van der Waals surface area contributed by atoms with Crippen LogP contribution in [0.4, 0.5) is 0 Å². The maximum Gasteiger partial charge on any atom is 0.126 e. The van der Waals surface area contributed by atoms with Crippen LogP contribution in [0.1, 0.15) is 105 Å². The first-order chi connectivity index (χ1) is 24.7. The number of nitrogens with one attached hydrogen (secondary N) is 1. The van der Waals surface area contributed by atoms with E-state index in [4.69, 9.17) is 4.98 Å². The second-order valence-electron chi connectivity index (χ2n) is 19.1. The molecule has 3 nitrogen and oxygen atoms in total. The van der Waals surface area contributed by atoms with Gasteiger partial charge < -0.3 is 4.98 Å². The Morgan fingerprint density at radius 1 is 0.491 bits per heavy atom. The molecule has 0 amide bonds. The number of nitrogens with zero attached hydrogens (tertiary/aromatic N) is 2. The van der Waals surface area contributed by atoms with Crippen molar-refractivity contribution < 1.29 is 0 Å². The van der Waals surface area contributed by atoms with Gasteiger partial charge in [-0.05, 0) is 103 Å². The van der Waals surface area contributed by atoms with Gasteiger partial charge in [0.2, 0.25) is 0 Å². The van der Waals surface area contributed by atoms with E-state index < -0.39 is 0 Å². The molecule has 0 aliphatic rings. The van der Waals surface area contributed by atoms with Crippen LogP contribution in [0.25, 0.3) is 75.1 Å². The van der Waals surface area contributed by atoms with E-state index in [1.807, 2.05) is 5.51 Å². The zero-order valence-corrected chi connectivity index (χ0v) is 34.9. The van der Waals surface area contributed by atoms with Crippen LogP contribution in [0.5, 0.6) is 0 Å². The third-order valence-electron chi connectivity index (χ3n) is 10.8. The van der Waals surface area contributed by atoms with Gasteiger partial charge in [-0.3, -0.25) is 0 Å². The van der Waals surface area contributed by atoms with Crippen LogP contribution >= 0.6 is 22.7 Å².